The lowest BCUT2D eigenvalue weighted by Crippen LogP contribution is -1.92. The molecule has 0 atom stereocenters. The van der Waals surface area contributed by atoms with Gasteiger partial charge in [0.1, 0.15) is 0 Å². The molecule has 15 heavy (non-hydrogen) atoms. The molecule has 0 fully saturated rings. The molecule has 1 N–H and O–H groups in total. The van der Waals surface area contributed by atoms with Gasteiger partial charge in [-0.1, -0.05) is 13.8 Å². The lowest BCUT2D eigenvalue weighted by molar-refractivity contribution is 0.425. The fourth-order valence-electron chi connectivity index (χ4n) is 1.12. The van der Waals surface area contributed by atoms with E-state index < -0.39 is 0 Å². The molecule has 0 aliphatic heterocycles. The number of aromatic nitrogens is 2. The van der Waals surface area contributed by atoms with Gasteiger partial charge in [-0.05, 0) is 18.6 Å². The van der Waals surface area contributed by atoms with Gasteiger partial charge < -0.3 is 4.52 Å². The van der Waals surface area contributed by atoms with Crippen LogP contribution in [0.5, 0.6) is 0 Å². The molecule has 0 amide bonds. The molecule has 0 bridgehead atoms. The highest BCUT2D eigenvalue weighted by atomic mass is 16.5. The molecular weight excluding hydrogens is 192 g/mol. The van der Waals surface area contributed by atoms with Gasteiger partial charge >= 0.3 is 0 Å². The highest BCUT2D eigenvalue weighted by molar-refractivity contribution is 5.55. The highest BCUT2D eigenvalue weighted by Gasteiger charge is 2.03. The third-order valence-corrected chi connectivity index (χ3v) is 1.68. The zero-order valence-corrected chi connectivity index (χ0v) is 9.07. The Balaban J connectivity index is 0.000000531. The zero-order valence-electron chi connectivity index (χ0n) is 9.07. The highest BCUT2D eigenvalue weighted by Crippen LogP contribution is 2.16. The second-order valence-electron chi connectivity index (χ2n) is 2.83. The third-order valence-electron chi connectivity index (χ3n) is 1.68. The quantitative estimate of drug-likeness (QED) is 0.779. The SMILES string of the molecule is CC.Cc1cncc(-c2cc(=O)[nH]o2)c1. The Hall–Kier alpha value is -1.84. The second-order valence-corrected chi connectivity index (χ2v) is 2.83. The van der Waals surface area contributed by atoms with Gasteiger partial charge in [-0.25, -0.2) is 0 Å². The van der Waals surface area contributed by atoms with Gasteiger partial charge in [0.25, 0.3) is 5.56 Å². The molecule has 2 rings (SSSR count). The summed E-state index contributed by atoms with van der Waals surface area (Å²) in [5.41, 5.74) is 1.59. The number of H-pyrrole nitrogens is 1. The standard InChI is InChI=1S/C9H8N2O2.C2H6/c1-6-2-7(5-10-4-6)8-3-9(12)11-13-8;1-2/h2-5H,1H3,(H,11,12);1-2H3. The van der Waals surface area contributed by atoms with E-state index in [1.54, 1.807) is 12.4 Å². The molecule has 2 aromatic heterocycles. The van der Waals surface area contributed by atoms with E-state index in [1.165, 1.54) is 6.07 Å². The number of aryl methyl sites for hydroxylation is 1. The van der Waals surface area contributed by atoms with E-state index in [0.717, 1.165) is 11.1 Å². The van der Waals surface area contributed by atoms with Crippen molar-refractivity contribution in [1.29, 1.82) is 0 Å². The summed E-state index contributed by atoms with van der Waals surface area (Å²) in [6.45, 7) is 5.93. The van der Waals surface area contributed by atoms with Crippen LogP contribution in [0, 0.1) is 6.92 Å². The van der Waals surface area contributed by atoms with Crippen LogP contribution in [0.4, 0.5) is 0 Å². The molecule has 80 valence electrons. The van der Waals surface area contributed by atoms with Crippen molar-refractivity contribution < 1.29 is 4.52 Å². The lowest BCUT2D eigenvalue weighted by Gasteiger charge is -1.94. The summed E-state index contributed by atoms with van der Waals surface area (Å²) >= 11 is 0. The minimum absolute atomic E-state index is 0.239. The van der Waals surface area contributed by atoms with Crippen LogP contribution >= 0.6 is 0 Å². The molecule has 0 saturated carbocycles. The Labute approximate surface area is 87.9 Å². The maximum atomic E-state index is 10.8. The largest absolute Gasteiger partial charge is 0.378 e. The summed E-state index contributed by atoms with van der Waals surface area (Å²) in [5.74, 6) is 0.515. The smallest absolute Gasteiger partial charge is 0.280 e. The molecule has 0 spiro atoms. The first-order chi connectivity index (χ1) is 7.25. The number of hydrogen-bond acceptors (Lipinski definition) is 3. The topological polar surface area (TPSA) is 58.9 Å². The van der Waals surface area contributed by atoms with Crippen molar-refractivity contribution in [1.82, 2.24) is 10.1 Å². The summed E-state index contributed by atoms with van der Waals surface area (Å²) in [4.78, 5) is 14.8. The molecule has 4 nitrogen and oxygen atoms in total. The van der Waals surface area contributed by atoms with Crippen molar-refractivity contribution in [2.45, 2.75) is 20.8 Å². The number of nitrogens with zero attached hydrogens (tertiary/aromatic N) is 1. The predicted molar refractivity (Wildman–Crippen MR) is 58.6 cm³/mol. The Morgan fingerprint density at radius 2 is 2.00 bits per heavy atom. The lowest BCUT2D eigenvalue weighted by atomic mass is 10.2. The van der Waals surface area contributed by atoms with Crippen LogP contribution < -0.4 is 5.56 Å². The van der Waals surface area contributed by atoms with Gasteiger partial charge in [-0.3, -0.25) is 9.78 Å². The van der Waals surface area contributed by atoms with Gasteiger partial charge in [0.15, 0.2) is 5.76 Å². The number of nitrogens with one attached hydrogen (secondary N) is 1. The molecule has 0 unspecified atom stereocenters. The predicted octanol–water partition coefficient (Wildman–Crippen LogP) is 2.36. The molecular formula is C11H14N2O2. The van der Waals surface area contributed by atoms with E-state index in [0.29, 0.717) is 5.76 Å². The van der Waals surface area contributed by atoms with Crippen molar-refractivity contribution in [2.24, 2.45) is 0 Å². The molecule has 2 aromatic rings. The van der Waals surface area contributed by atoms with Crippen molar-refractivity contribution in [3.8, 4) is 11.3 Å². The van der Waals surface area contributed by atoms with Crippen LogP contribution in [-0.4, -0.2) is 10.1 Å². The maximum Gasteiger partial charge on any atom is 0.280 e. The summed E-state index contributed by atoms with van der Waals surface area (Å²) in [6, 6.07) is 3.30. The van der Waals surface area contributed by atoms with E-state index in [9.17, 15) is 4.79 Å². The Morgan fingerprint density at radius 3 is 2.53 bits per heavy atom. The summed E-state index contributed by atoms with van der Waals surface area (Å²) in [7, 11) is 0. The average Bonchev–Trinajstić information content (AvgIpc) is 2.68. The van der Waals surface area contributed by atoms with Gasteiger partial charge in [-0.15, -0.1) is 0 Å². The molecule has 0 aliphatic carbocycles. The van der Waals surface area contributed by atoms with Crippen LogP contribution in [0.3, 0.4) is 0 Å². The zero-order chi connectivity index (χ0) is 11.3. The number of hydrogen-bond donors (Lipinski definition) is 1. The second kappa shape index (κ2) is 5.14. The van der Waals surface area contributed by atoms with E-state index >= 15 is 0 Å². The van der Waals surface area contributed by atoms with Crippen molar-refractivity contribution >= 4 is 0 Å². The van der Waals surface area contributed by atoms with E-state index in [4.69, 9.17) is 4.52 Å². The van der Waals surface area contributed by atoms with E-state index in [2.05, 4.69) is 10.1 Å². The third kappa shape index (κ3) is 2.80. The van der Waals surface area contributed by atoms with Crippen LogP contribution in [0.2, 0.25) is 0 Å². The Bertz CT molecular complexity index is 471. The number of pyridine rings is 1. The molecule has 0 radical (unpaired) electrons. The van der Waals surface area contributed by atoms with Crippen LogP contribution in [0.1, 0.15) is 19.4 Å². The number of rotatable bonds is 1. The Kier molecular flexibility index (Phi) is 3.85. The van der Waals surface area contributed by atoms with E-state index in [1.807, 2.05) is 26.8 Å². The minimum atomic E-state index is -0.239. The summed E-state index contributed by atoms with van der Waals surface area (Å²) in [5, 5.41) is 2.23. The van der Waals surface area contributed by atoms with Gasteiger partial charge in [-0.2, -0.15) is 5.16 Å². The fraction of sp³-hybridized carbons (Fsp3) is 0.273. The van der Waals surface area contributed by atoms with Crippen LogP contribution in [-0.2, 0) is 0 Å². The molecule has 0 saturated heterocycles. The molecule has 0 aliphatic rings. The monoisotopic (exact) mass is 206 g/mol. The minimum Gasteiger partial charge on any atom is -0.378 e. The first kappa shape index (κ1) is 11.2. The molecule has 2 heterocycles. The average molecular weight is 206 g/mol. The van der Waals surface area contributed by atoms with Gasteiger partial charge in [0, 0.05) is 18.0 Å². The van der Waals surface area contributed by atoms with Crippen LogP contribution in [0.15, 0.2) is 33.8 Å². The van der Waals surface area contributed by atoms with E-state index in [-0.39, 0.29) is 5.56 Å². The Morgan fingerprint density at radius 1 is 1.27 bits per heavy atom. The van der Waals surface area contributed by atoms with Crippen molar-refractivity contribution in [3.63, 3.8) is 0 Å². The molecule has 0 aromatic carbocycles. The summed E-state index contributed by atoms with van der Waals surface area (Å²) < 4.78 is 4.93. The maximum absolute atomic E-state index is 10.8. The number of aromatic amines is 1. The van der Waals surface area contributed by atoms with Gasteiger partial charge in [0.05, 0.1) is 6.07 Å². The molecule has 4 heteroatoms. The normalized spacial score (nSPS) is 9.27. The first-order valence-corrected chi connectivity index (χ1v) is 4.86. The van der Waals surface area contributed by atoms with Crippen LogP contribution in [0.25, 0.3) is 11.3 Å². The van der Waals surface area contributed by atoms with Crippen molar-refractivity contribution in [2.75, 3.05) is 0 Å². The summed E-state index contributed by atoms with van der Waals surface area (Å²) in [6.07, 6.45) is 3.40. The fourth-order valence-corrected chi connectivity index (χ4v) is 1.12. The first-order valence-electron chi connectivity index (χ1n) is 4.86. The van der Waals surface area contributed by atoms with Gasteiger partial charge in [0.2, 0.25) is 0 Å². The van der Waals surface area contributed by atoms with Crippen molar-refractivity contribution in [3.05, 3.63) is 40.4 Å².